The van der Waals surface area contributed by atoms with E-state index >= 15 is 0 Å². The van der Waals surface area contributed by atoms with Crippen molar-refractivity contribution in [1.82, 2.24) is 4.31 Å². The highest BCUT2D eigenvalue weighted by atomic mass is 32.2. The van der Waals surface area contributed by atoms with Crippen molar-refractivity contribution in [3.8, 4) is 0 Å². The van der Waals surface area contributed by atoms with Gasteiger partial charge in [0, 0.05) is 18.0 Å². The van der Waals surface area contributed by atoms with E-state index < -0.39 is 10.0 Å². The molecule has 1 saturated carbocycles. The summed E-state index contributed by atoms with van der Waals surface area (Å²) >= 11 is 1.15. The van der Waals surface area contributed by atoms with Crippen LogP contribution in [0.2, 0.25) is 0 Å². The minimum absolute atomic E-state index is 0.105. The Labute approximate surface area is 119 Å². The van der Waals surface area contributed by atoms with Crippen LogP contribution in [-0.2, 0) is 16.6 Å². The molecule has 0 aromatic carbocycles. The lowest BCUT2D eigenvalue weighted by molar-refractivity contribution is 0.239. The molecule has 108 valence electrons. The molecule has 0 amide bonds. The summed E-state index contributed by atoms with van der Waals surface area (Å²) < 4.78 is 26.9. The van der Waals surface area contributed by atoms with Crippen molar-refractivity contribution < 1.29 is 13.5 Å². The van der Waals surface area contributed by atoms with E-state index in [2.05, 4.69) is 6.92 Å². The van der Waals surface area contributed by atoms with Crippen LogP contribution in [0.1, 0.15) is 37.5 Å². The second-order valence-electron chi connectivity index (χ2n) is 5.33. The molecule has 2 unspecified atom stereocenters. The molecule has 6 heteroatoms. The first-order valence-electron chi connectivity index (χ1n) is 6.62. The molecule has 1 fully saturated rings. The zero-order valence-electron chi connectivity index (χ0n) is 11.4. The molecule has 1 aliphatic carbocycles. The Kier molecular flexibility index (Phi) is 4.66. The maximum absolute atomic E-state index is 12.5. The van der Waals surface area contributed by atoms with E-state index in [1.165, 1.54) is 10.7 Å². The number of hydrogen-bond donors (Lipinski definition) is 1. The van der Waals surface area contributed by atoms with E-state index in [1.807, 2.05) is 0 Å². The molecular weight excluding hydrogens is 282 g/mol. The topological polar surface area (TPSA) is 57.6 Å². The highest BCUT2D eigenvalue weighted by Gasteiger charge is 2.31. The van der Waals surface area contributed by atoms with Gasteiger partial charge in [-0.3, -0.25) is 0 Å². The molecule has 0 spiro atoms. The number of thiophene rings is 1. The molecule has 2 rings (SSSR count). The second kappa shape index (κ2) is 5.91. The van der Waals surface area contributed by atoms with E-state index in [4.69, 9.17) is 5.11 Å². The Balaban J connectivity index is 2.18. The highest BCUT2D eigenvalue weighted by Crippen LogP contribution is 2.31. The fraction of sp³-hybridized carbons (Fsp3) is 0.692. The van der Waals surface area contributed by atoms with Gasteiger partial charge in [0.1, 0.15) is 4.21 Å². The second-order valence-corrected chi connectivity index (χ2v) is 8.72. The Morgan fingerprint density at radius 3 is 2.74 bits per heavy atom. The summed E-state index contributed by atoms with van der Waals surface area (Å²) in [7, 11) is -1.73. The summed E-state index contributed by atoms with van der Waals surface area (Å²) in [6, 6.07) is 3.37. The van der Waals surface area contributed by atoms with Gasteiger partial charge in [-0.1, -0.05) is 19.8 Å². The first-order valence-corrected chi connectivity index (χ1v) is 8.88. The minimum Gasteiger partial charge on any atom is -0.391 e. The van der Waals surface area contributed by atoms with Crippen molar-refractivity contribution in [3.05, 3.63) is 17.0 Å². The molecule has 0 saturated heterocycles. The van der Waals surface area contributed by atoms with Crippen LogP contribution >= 0.6 is 11.3 Å². The SMILES string of the molecule is CC1CCCC(N(C)S(=O)(=O)c2ccc(CO)s2)C1. The van der Waals surface area contributed by atoms with Crippen molar-refractivity contribution in [3.63, 3.8) is 0 Å². The molecule has 4 nitrogen and oxygen atoms in total. The van der Waals surface area contributed by atoms with Crippen molar-refractivity contribution in [2.24, 2.45) is 5.92 Å². The van der Waals surface area contributed by atoms with E-state index in [-0.39, 0.29) is 12.6 Å². The molecule has 1 N–H and O–H groups in total. The van der Waals surface area contributed by atoms with Gasteiger partial charge in [0.15, 0.2) is 0 Å². The van der Waals surface area contributed by atoms with Gasteiger partial charge >= 0.3 is 0 Å². The number of rotatable bonds is 4. The molecule has 0 bridgehead atoms. The lowest BCUT2D eigenvalue weighted by Gasteiger charge is -2.33. The third-order valence-corrected chi connectivity index (χ3v) is 7.30. The predicted octanol–water partition coefficient (Wildman–Crippen LogP) is 2.44. The zero-order valence-corrected chi connectivity index (χ0v) is 13.0. The van der Waals surface area contributed by atoms with Crippen molar-refractivity contribution in [2.45, 2.75) is 49.5 Å². The third kappa shape index (κ3) is 3.18. The van der Waals surface area contributed by atoms with Crippen LogP contribution in [0.3, 0.4) is 0 Å². The standard InChI is InChI=1S/C13H21NO3S2/c1-10-4-3-5-11(8-10)14(2)19(16,17)13-7-6-12(9-15)18-13/h6-7,10-11,15H,3-5,8-9H2,1-2H3. The fourth-order valence-electron chi connectivity index (χ4n) is 2.65. The van der Waals surface area contributed by atoms with E-state index in [1.54, 1.807) is 19.2 Å². The van der Waals surface area contributed by atoms with Gasteiger partial charge < -0.3 is 5.11 Å². The quantitative estimate of drug-likeness (QED) is 0.929. The zero-order chi connectivity index (χ0) is 14.0. The first kappa shape index (κ1) is 15.0. The predicted molar refractivity (Wildman–Crippen MR) is 76.6 cm³/mol. The molecule has 19 heavy (non-hydrogen) atoms. The third-order valence-electron chi connectivity index (χ3n) is 3.85. The van der Waals surface area contributed by atoms with Gasteiger partial charge in [0.2, 0.25) is 0 Å². The van der Waals surface area contributed by atoms with E-state index in [0.29, 0.717) is 15.0 Å². The summed E-state index contributed by atoms with van der Waals surface area (Å²) in [6.07, 6.45) is 4.17. The summed E-state index contributed by atoms with van der Waals surface area (Å²) in [5.41, 5.74) is 0. The normalized spacial score (nSPS) is 24.8. The van der Waals surface area contributed by atoms with Gasteiger partial charge in [-0.05, 0) is 30.9 Å². The van der Waals surface area contributed by atoms with Crippen LogP contribution in [0.5, 0.6) is 0 Å². The van der Waals surface area contributed by atoms with E-state index in [9.17, 15) is 8.42 Å². The first-order chi connectivity index (χ1) is 8.95. The van der Waals surface area contributed by atoms with Gasteiger partial charge in [-0.25, -0.2) is 8.42 Å². The molecule has 2 atom stereocenters. The average molecular weight is 303 g/mol. The fourth-order valence-corrected chi connectivity index (χ4v) is 5.45. The lowest BCUT2D eigenvalue weighted by Crippen LogP contribution is -2.39. The molecule has 1 heterocycles. The maximum atomic E-state index is 12.5. The van der Waals surface area contributed by atoms with Crippen LogP contribution < -0.4 is 0 Å². The number of nitrogens with zero attached hydrogens (tertiary/aromatic N) is 1. The molecule has 0 radical (unpaired) electrons. The Bertz CT molecular complexity index is 524. The number of aliphatic hydroxyl groups is 1. The molecule has 1 aliphatic rings. The van der Waals surface area contributed by atoms with Crippen LogP contribution in [0, 0.1) is 5.92 Å². The van der Waals surface area contributed by atoms with Crippen LogP contribution in [0.4, 0.5) is 0 Å². The average Bonchev–Trinajstić information content (AvgIpc) is 2.87. The van der Waals surface area contributed by atoms with Crippen molar-refractivity contribution >= 4 is 21.4 Å². The Hall–Kier alpha value is -0.430. The minimum atomic E-state index is -3.41. The van der Waals surface area contributed by atoms with Gasteiger partial charge in [-0.15, -0.1) is 11.3 Å². The Morgan fingerprint density at radius 1 is 1.42 bits per heavy atom. The number of sulfonamides is 1. The number of aliphatic hydroxyl groups excluding tert-OH is 1. The molecule has 1 aromatic rings. The summed E-state index contributed by atoms with van der Waals surface area (Å²) in [6.45, 7) is 2.08. The summed E-state index contributed by atoms with van der Waals surface area (Å²) in [4.78, 5) is 0.684. The van der Waals surface area contributed by atoms with Gasteiger partial charge in [0.25, 0.3) is 10.0 Å². The summed E-state index contributed by atoms with van der Waals surface area (Å²) in [5.74, 6) is 0.590. The lowest BCUT2D eigenvalue weighted by atomic mass is 9.87. The van der Waals surface area contributed by atoms with Crippen LogP contribution in [0.25, 0.3) is 0 Å². The van der Waals surface area contributed by atoms with Crippen LogP contribution in [0.15, 0.2) is 16.3 Å². The van der Waals surface area contributed by atoms with E-state index in [0.717, 1.165) is 30.6 Å². The highest BCUT2D eigenvalue weighted by molar-refractivity contribution is 7.91. The molecule has 0 aliphatic heterocycles. The van der Waals surface area contributed by atoms with Crippen molar-refractivity contribution in [1.29, 1.82) is 0 Å². The van der Waals surface area contributed by atoms with Gasteiger partial charge in [-0.2, -0.15) is 4.31 Å². The number of hydrogen-bond acceptors (Lipinski definition) is 4. The maximum Gasteiger partial charge on any atom is 0.252 e. The van der Waals surface area contributed by atoms with Crippen molar-refractivity contribution in [2.75, 3.05) is 7.05 Å². The largest absolute Gasteiger partial charge is 0.391 e. The molecular formula is C13H21NO3S2. The van der Waals surface area contributed by atoms with Crippen LogP contribution in [-0.4, -0.2) is 30.9 Å². The van der Waals surface area contributed by atoms with Gasteiger partial charge in [0.05, 0.1) is 6.61 Å². The smallest absolute Gasteiger partial charge is 0.252 e. The molecule has 1 aromatic heterocycles. The Morgan fingerprint density at radius 2 is 2.16 bits per heavy atom. The summed E-state index contributed by atoms with van der Waals surface area (Å²) in [5, 5.41) is 9.04. The monoisotopic (exact) mass is 303 g/mol.